The van der Waals surface area contributed by atoms with E-state index in [1.807, 2.05) is 48.0 Å². The van der Waals surface area contributed by atoms with Crippen molar-refractivity contribution in [3.05, 3.63) is 53.0 Å². The normalized spacial score (nSPS) is 12.0. The molecule has 3 aromatic heterocycles. The molecule has 0 fully saturated rings. The summed E-state index contributed by atoms with van der Waals surface area (Å²) in [6, 6.07) is 13.9. The van der Waals surface area contributed by atoms with Crippen molar-refractivity contribution in [2.24, 2.45) is 0 Å². The minimum absolute atomic E-state index is 0.131. The van der Waals surface area contributed by atoms with Gasteiger partial charge in [-0.3, -0.25) is 0 Å². The van der Waals surface area contributed by atoms with Crippen molar-refractivity contribution in [2.75, 3.05) is 6.61 Å². The first kappa shape index (κ1) is 17.7. The molecule has 4 aromatic rings. The van der Waals surface area contributed by atoms with Crippen LogP contribution in [0.15, 0.2) is 42.5 Å². The van der Waals surface area contributed by atoms with Crippen molar-refractivity contribution in [1.29, 1.82) is 0 Å². The summed E-state index contributed by atoms with van der Waals surface area (Å²) in [5.74, 6) is -0.301. The molecule has 0 aliphatic carbocycles. The molecule has 0 N–H and O–H groups in total. The smallest absolute Gasteiger partial charge is 0.348 e. The molecule has 0 aliphatic heterocycles. The molecule has 27 heavy (non-hydrogen) atoms. The lowest BCUT2D eigenvalue weighted by Gasteiger charge is -2.15. The first-order valence-electron chi connectivity index (χ1n) is 8.95. The van der Waals surface area contributed by atoms with Gasteiger partial charge in [-0.15, -0.1) is 11.3 Å². The molecular weight excluding hydrogens is 358 g/mol. The highest BCUT2D eigenvalue weighted by atomic mass is 32.1. The molecule has 0 radical (unpaired) electrons. The van der Waals surface area contributed by atoms with E-state index in [1.165, 1.54) is 11.3 Å². The van der Waals surface area contributed by atoms with Crippen LogP contribution >= 0.6 is 11.3 Å². The number of rotatable bonds is 3. The Morgan fingerprint density at radius 1 is 1.19 bits per heavy atom. The van der Waals surface area contributed by atoms with Gasteiger partial charge in [0.25, 0.3) is 0 Å². The Morgan fingerprint density at radius 3 is 2.59 bits per heavy atom. The van der Waals surface area contributed by atoms with Gasteiger partial charge in [0, 0.05) is 16.2 Å². The summed E-state index contributed by atoms with van der Waals surface area (Å²) < 4.78 is 7.02. The quantitative estimate of drug-likeness (QED) is 0.464. The molecule has 3 heterocycles. The first-order chi connectivity index (χ1) is 12.9. The van der Waals surface area contributed by atoms with Crippen LogP contribution in [0.4, 0.5) is 0 Å². The molecule has 5 nitrogen and oxygen atoms in total. The number of carbonyl (C=O) groups excluding carboxylic acids is 1. The topological polar surface area (TPSA) is 57.0 Å². The Bertz CT molecular complexity index is 1140. The van der Waals surface area contributed by atoms with E-state index in [1.54, 1.807) is 0 Å². The maximum absolute atomic E-state index is 12.1. The molecule has 0 unspecified atom stereocenters. The zero-order valence-electron chi connectivity index (χ0n) is 15.8. The molecule has 0 saturated carbocycles. The summed E-state index contributed by atoms with van der Waals surface area (Å²) in [6.07, 6.45) is 0. The fourth-order valence-electron chi connectivity index (χ4n) is 3.11. The highest BCUT2D eigenvalue weighted by molar-refractivity contribution is 7.20. The summed E-state index contributed by atoms with van der Waals surface area (Å²) in [5, 5.41) is 6.83. The van der Waals surface area contributed by atoms with Crippen LogP contribution in [-0.2, 0) is 10.2 Å². The second-order valence-corrected chi connectivity index (χ2v) is 8.46. The van der Waals surface area contributed by atoms with Gasteiger partial charge in [0.15, 0.2) is 5.65 Å². The predicted molar refractivity (Wildman–Crippen MR) is 109 cm³/mol. The van der Waals surface area contributed by atoms with Crippen molar-refractivity contribution in [3.8, 4) is 5.69 Å². The number of nitrogens with zero attached hydrogens (tertiary/aromatic N) is 3. The van der Waals surface area contributed by atoms with Gasteiger partial charge < -0.3 is 4.74 Å². The zero-order chi connectivity index (χ0) is 19.2. The Balaban J connectivity index is 1.99. The molecule has 0 aliphatic rings. The highest BCUT2D eigenvalue weighted by Crippen LogP contribution is 2.34. The number of benzene rings is 1. The molecule has 0 saturated heterocycles. The van der Waals surface area contributed by atoms with E-state index < -0.39 is 0 Å². The van der Waals surface area contributed by atoms with Crippen LogP contribution in [-0.4, -0.2) is 27.3 Å². The number of fused-ring (bicyclic) bond motifs is 2. The molecule has 0 amide bonds. The van der Waals surface area contributed by atoms with Crippen LogP contribution in [0.3, 0.4) is 0 Å². The fourth-order valence-corrected chi connectivity index (χ4v) is 4.01. The Hall–Kier alpha value is -2.73. The molecule has 1 aromatic carbocycles. The third-order valence-electron chi connectivity index (χ3n) is 4.33. The number of aromatic nitrogens is 3. The van der Waals surface area contributed by atoms with Crippen LogP contribution in [0.1, 0.15) is 43.1 Å². The van der Waals surface area contributed by atoms with Gasteiger partial charge in [-0.2, -0.15) is 5.10 Å². The van der Waals surface area contributed by atoms with Crippen LogP contribution in [0.2, 0.25) is 0 Å². The second kappa shape index (κ2) is 6.46. The van der Waals surface area contributed by atoms with Crippen LogP contribution in [0.5, 0.6) is 0 Å². The highest BCUT2D eigenvalue weighted by Gasteiger charge is 2.25. The fraction of sp³-hybridized carbons (Fsp3) is 0.286. The molecular formula is C21H21N3O2S. The molecule has 0 bridgehead atoms. The van der Waals surface area contributed by atoms with E-state index in [4.69, 9.17) is 14.8 Å². The van der Waals surface area contributed by atoms with Gasteiger partial charge >= 0.3 is 5.97 Å². The maximum atomic E-state index is 12.1. The average molecular weight is 379 g/mol. The van der Waals surface area contributed by atoms with Gasteiger partial charge in [-0.1, -0.05) is 39.0 Å². The van der Waals surface area contributed by atoms with E-state index >= 15 is 0 Å². The maximum Gasteiger partial charge on any atom is 0.348 e. The summed E-state index contributed by atoms with van der Waals surface area (Å²) in [5.41, 5.74) is 2.62. The number of hydrogen-bond acceptors (Lipinski definition) is 5. The van der Waals surface area contributed by atoms with Gasteiger partial charge in [0.1, 0.15) is 9.71 Å². The lowest BCUT2D eigenvalue weighted by Crippen LogP contribution is -2.13. The van der Waals surface area contributed by atoms with E-state index in [0.717, 1.165) is 32.6 Å². The van der Waals surface area contributed by atoms with E-state index in [9.17, 15) is 4.79 Å². The van der Waals surface area contributed by atoms with Gasteiger partial charge in [0.2, 0.25) is 0 Å². The minimum atomic E-state index is -0.301. The molecule has 0 atom stereocenters. The van der Waals surface area contributed by atoms with Crippen LogP contribution < -0.4 is 0 Å². The van der Waals surface area contributed by atoms with Gasteiger partial charge in [-0.05, 0) is 31.2 Å². The summed E-state index contributed by atoms with van der Waals surface area (Å²) in [7, 11) is 0. The largest absolute Gasteiger partial charge is 0.462 e. The summed E-state index contributed by atoms with van der Waals surface area (Å²) >= 11 is 1.35. The molecule has 138 valence electrons. The van der Waals surface area contributed by atoms with Crippen LogP contribution in [0, 0.1) is 0 Å². The summed E-state index contributed by atoms with van der Waals surface area (Å²) in [4.78, 5) is 18.3. The predicted octanol–water partition coefficient (Wildman–Crippen LogP) is 5.11. The van der Waals surface area contributed by atoms with E-state index in [0.29, 0.717) is 11.5 Å². The lowest BCUT2D eigenvalue weighted by atomic mass is 9.90. The Morgan fingerprint density at radius 2 is 1.93 bits per heavy atom. The number of para-hydroxylation sites is 1. The second-order valence-electron chi connectivity index (χ2n) is 7.43. The van der Waals surface area contributed by atoms with Gasteiger partial charge in [-0.25, -0.2) is 14.5 Å². The zero-order valence-corrected chi connectivity index (χ0v) is 16.6. The number of thiophene rings is 1. The van der Waals surface area contributed by atoms with Crippen molar-refractivity contribution in [3.63, 3.8) is 0 Å². The number of ether oxygens (including phenoxy) is 1. The SMILES string of the molecule is CCOC(=O)c1cc2cc3c(C(C)(C)C)nn(-c4ccccc4)c3nc2s1. The van der Waals surface area contributed by atoms with E-state index in [2.05, 4.69) is 26.8 Å². The Kier molecular flexibility index (Phi) is 4.23. The number of esters is 1. The van der Waals surface area contributed by atoms with Crippen molar-refractivity contribution >= 4 is 38.6 Å². The molecule has 6 heteroatoms. The van der Waals surface area contributed by atoms with Crippen molar-refractivity contribution < 1.29 is 9.53 Å². The van der Waals surface area contributed by atoms with Crippen LogP contribution in [0.25, 0.3) is 26.9 Å². The van der Waals surface area contributed by atoms with Crippen molar-refractivity contribution in [2.45, 2.75) is 33.1 Å². The summed E-state index contributed by atoms with van der Waals surface area (Å²) in [6.45, 7) is 8.60. The third-order valence-corrected chi connectivity index (χ3v) is 5.36. The van der Waals surface area contributed by atoms with E-state index in [-0.39, 0.29) is 11.4 Å². The number of hydrogen-bond donors (Lipinski definition) is 0. The van der Waals surface area contributed by atoms with Crippen molar-refractivity contribution in [1.82, 2.24) is 14.8 Å². The average Bonchev–Trinajstić information content (AvgIpc) is 3.21. The van der Waals surface area contributed by atoms with Gasteiger partial charge in [0.05, 0.1) is 18.0 Å². The third kappa shape index (κ3) is 3.10. The lowest BCUT2D eigenvalue weighted by molar-refractivity contribution is 0.0532. The molecule has 4 rings (SSSR count). The number of pyridine rings is 1. The monoisotopic (exact) mass is 379 g/mol. The first-order valence-corrected chi connectivity index (χ1v) is 9.76. The minimum Gasteiger partial charge on any atom is -0.462 e. The standard InChI is InChI=1S/C21H21N3O2S/c1-5-26-20(25)16-12-13-11-15-17(21(2,3)4)23-24(14-9-7-6-8-10-14)18(15)22-19(13)27-16/h6-12H,5H2,1-4H3. The number of carbonyl (C=O) groups is 1. The molecule has 0 spiro atoms. The Labute approximate surface area is 161 Å².